The average Bonchev–Trinajstić information content (AvgIpc) is 2.72. The summed E-state index contributed by atoms with van der Waals surface area (Å²) in [6.07, 6.45) is 0.916. The first-order chi connectivity index (χ1) is 14.0. The molecular weight excluding hydrogens is 364 g/mol. The van der Waals surface area contributed by atoms with E-state index < -0.39 is 0 Å². The molecule has 7 heteroatoms. The molecule has 7 nitrogen and oxygen atoms in total. The lowest BCUT2D eigenvalue weighted by atomic mass is 10.2. The molecule has 1 saturated heterocycles. The smallest absolute Gasteiger partial charge is 0.270 e. The number of aryl methyl sites for hydroxylation is 1. The topological polar surface area (TPSA) is 64.6 Å². The number of nitrogens with one attached hydrogen (secondary N) is 1. The number of rotatable bonds is 8. The quantitative estimate of drug-likeness (QED) is 0.687. The van der Waals surface area contributed by atoms with Gasteiger partial charge >= 0.3 is 0 Å². The van der Waals surface area contributed by atoms with Crippen molar-refractivity contribution < 1.29 is 4.79 Å². The molecule has 29 heavy (non-hydrogen) atoms. The van der Waals surface area contributed by atoms with Gasteiger partial charge in [-0.2, -0.15) is 0 Å². The molecule has 1 N–H and O–H groups in total. The Bertz CT molecular complexity index is 787. The number of hydrogen-bond donors (Lipinski definition) is 1. The first kappa shape index (κ1) is 21.2. The summed E-state index contributed by atoms with van der Waals surface area (Å²) in [7, 11) is 4.06. The lowest BCUT2D eigenvalue weighted by Crippen LogP contribution is -2.46. The monoisotopic (exact) mass is 396 g/mol. The summed E-state index contributed by atoms with van der Waals surface area (Å²) in [4.78, 5) is 28.2. The van der Waals surface area contributed by atoms with Gasteiger partial charge in [0.15, 0.2) is 0 Å². The molecule has 1 aromatic carbocycles. The van der Waals surface area contributed by atoms with Gasteiger partial charge in [0, 0.05) is 45.3 Å². The Balaban J connectivity index is 1.55. The lowest BCUT2D eigenvalue weighted by molar-refractivity contribution is 0.0947. The predicted octanol–water partition coefficient (Wildman–Crippen LogP) is 1.79. The minimum atomic E-state index is -0.127. The van der Waals surface area contributed by atoms with Crippen LogP contribution in [0.4, 0.5) is 5.82 Å². The second-order valence-electron chi connectivity index (χ2n) is 7.82. The Kier molecular flexibility index (Phi) is 7.55. The van der Waals surface area contributed by atoms with Crippen LogP contribution in [0.1, 0.15) is 28.3 Å². The van der Waals surface area contributed by atoms with Crippen LogP contribution in [-0.4, -0.2) is 79.0 Å². The Morgan fingerprint density at radius 1 is 1.10 bits per heavy atom. The Morgan fingerprint density at radius 2 is 1.83 bits per heavy atom. The maximum absolute atomic E-state index is 12.5. The van der Waals surface area contributed by atoms with Gasteiger partial charge in [-0.3, -0.25) is 9.69 Å². The van der Waals surface area contributed by atoms with E-state index >= 15 is 0 Å². The second-order valence-corrected chi connectivity index (χ2v) is 7.82. The third-order valence-corrected chi connectivity index (χ3v) is 5.07. The molecule has 0 saturated carbocycles. The van der Waals surface area contributed by atoms with Crippen LogP contribution in [0.15, 0.2) is 36.4 Å². The molecule has 1 aromatic heterocycles. The second kappa shape index (κ2) is 10.3. The van der Waals surface area contributed by atoms with Crippen molar-refractivity contribution in [1.29, 1.82) is 0 Å². The van der Waals surface area contributed by atoms with Crippen LogP contribution in [0, 0.1) is 6.92 Å². The summed E-state index contributed by atoms with van der Waals surface area (Å²) in [5.41, 5.74) is 1.79. The van der Waals surface area contributed by atoms with Crippen LogP contribution in [0.25, 0.3) is 0 Å². The molecule has 3 rings (SSSR count). The van der Waals surface area contributed by atoms with Gasteiger partial charge in [0.25, 0.3) is 5.91 Å². The van der Waals surface area contributed by atoms with E-state index in [1.165, 1.54) is 5.56 Å². The predicted molar refractivity (Wildman–Crippen MR) is 116 cm³/mol. The molecule has 0 aliphatic carbocycles. The van der Waals surface area contributed by atoms with Crippen molar-refractivity contribution in [2.45, 2.75) is 19.9 Å². The van der Waals surface area contributed by atoms with Crippen LogP contribution < -0.4 is 10.2 Å². The molecular formula is C22H32N6O. The highest BCUT2D eigenvalue weighted by atomic mass is 16.1. The molecule has 0 bridgehead atoms. The first-order valence-corrected chi connectivity index (χ1v) is 10.3. The maximum Gasteiger partial charge on any atom is 0.270 e. The van der Waals surface area contributed by atoms with Gasteiger partial charge in [0.1, 0.15) is 17.3 Å². The normalized spacial score (nSPS) is 15.0. The number of carbonyl (C=O) groups is 1. The number of carbonyl (C=O) groups excluding carboxylic acids is 1. The molecule has 0 atom stereocenters. The van der Waals surface area contributed by atoms with Crippen LogP contribution >= 0.6 is 0 Å². The summed E-state index contributed by atoms with van der Waals surface area (Å²) in [6.45, 7) is 8.15. The summed E-state index contributed by atoms with van der Waals surface area (Å²) < 4.78 is 0. The van der Waals surface area contributed by atoms with Crippen LogP contribution in [-0.2, 0) is 6.54 Å². The zero-order chi connectivity index (χ0) is 20.6. The van der Waals surface area contributed by atoms with Gasteiger partial charge in [-0.25, -0.2) is 9.97 Å². The van der Waals surface area contributed by atoms with Crippen LogP contribution in [0.3, 0.4) is 0 Å². The molecule has 0 spiro atoms. The third-order valence-electron chi connectivity index (χ3n) is 5.07. The zero-order valence-electron chi connectivity index (χ0n) is 17.8. The van der Waals surface area contributed by atoms with Crippen molar-refractivity contribution in [2.75, 3.05) is 58.3 Å². The third kappa shape index (κ3) is 6.51. The molecule has 0 unspecified atom stereocenters. The molecule has 1 amide bonds. The minimum Gasteiger partial charge on any atom is -0.354 e. The molecule has 1 aliphatic rings. The highest BCUT2D eigenvalue weighted by Crippen LogP contribution is 2.16. The standard InChI is InChI=1S/C22H32N6O/c1-18-24-20(22(29)23-10-7-11-26(2)3)16-21(25-18)28-14-12-27(13-15-28)17-19-8-5-4-6-9-19/h4-6,8-9,16H,7,10-15,17H2,1-3H3,(H,23,29). The average molecular weight is 397 g/mol. The van der Waals surface area contributed by atoms with Crippen LogP contribution in [0.5, 0.6) is 0 Å². The van der Waals surface area contributed by atoms with E-state index in [0.717, 1.165) is 51.5 Å². The summed E-state index contributed by atoms with van der Waals surface area (Å²) in [5, 5.41) is 2.96. The zero-order valence-corrected chi connectivity index (χ0v) is 17.8. The van der Waals surface area contributed by atoms with Gasteiger partial charge in [-0.05, 0) is 39.5 Å². The van der Waals surface area contributed by atoms with Gasteiger partial charge in [0.2, 0.25) is 0 Å². The van der Waals surface area contributed by atoms with E-state index in [0.29, 0.717) is 18.1 Å². The van der Waals surface area contributed by atoms with Gasteiger partial charge in [-0.1, -0.05) is 30.3 Å². The minimum absolute atomic E-state index is 0.127. The maximum atomic E-state index is 12.5. The van der Waals surface area contributed by atoms with E-state index in [9.17, 15) is 4.79 Å². The lowest BCUT2D eigenvalue weighted by Gasteiger charge is -2.35. The molecule has 2 heterocycles. The van der Waals surface area contributed by atoms with Crippen molar-refractivity contribution in [3.63, 3.8) is 0 Å². The number of anilines is 1. The number of amides is 1. The van der Waals surface area contributed by atoms with Crippen molar-refractivity contribution in [3.05, 3.63) is 53.5 Å². The van der Waals surface area contributed by atoms with Gasteiger partial charge < -0.3 is 15.1 Å². The van der Waals surface area contributed by atoms with Crippen LogP contribution in [0.2, 0.25) is 0 Å². The molecule has 1 aliphatic heterocycles. The van der Waals surface area contributed by atoms with E-state index in [1.54, 1.807) is 0 Å². The SMILES string of the molecule is Cc1nc(C(=O)NCCCN(C)C)cc(N2CCN(Cc3ccccc3)CC2)n1. The Labute approximate surface area is 173 Å². The first-order valence-electron chi connectivity index (χ1n) is 10.3. The summed E-state index contributed by atoms with van der Waals surface area (Å²) in [6, 6.07) is 12.4. The van der Waals surface area contributed by atoms with E-state index in [2.05, 4.69) is 60.3 Å². The number of piperazine rings is 1. The molecule has 1 fully saturated rings. The largest absolute Gasteiger partial charge is 0.354 e. The Morgan fingerprint density at radius 3 is 2.52 bits per heavy atom. The van der Waals surface area contributed by atoms with Gasteiger partial charge in [-0.15, -0.1) is 0 Å². The number of aromatic nitrogens is 2. The van der Waals surface area contributed by atoms with Crippen molar-refractivity contribution in [2.24, 2.45) is 0 Å². The van der Waals surface area contributed by atoms with E-state index in [-0.39, 0.29) is 5.91 Å². The van der Waals surface area contributed by atoms with E-state index in [4.69, 9.17) is 0 Å². The highest BCUT2D eigenvalue weighted by Gasteiger charge is 2.20. The fourth-order valence-corrected chi connectivity index (χ4v) is 3.49. The number of benzene rings is 1. The highest BCUT2D eigenvalue weighted by molar-refractivity contribution is 5.92. The summed E-state index contributed by atoms with van der Waals surface area (Å²) >= 11 is 0. The number of nitrogens with zero attached hydrogens (tertiary/aromatic N) is 5. The fraction of sp³-hybridized carbons (Fsp3) is 0.500. The molecule has 156 valence electrons. The fourth-order valence-electron chi connectivity index (χ4n) is 3.49. The summed E-state index contributed by atoms with van der Waals surface area (Å²) in [5.74, 6) is 1.35. The molecule has 2 aromatic rings. The van der Waals surface area contributed by atoms with E-state index in [1.807, 2.05) is 27.1 Å². The van der Waals surface area contributed by atoms with Crippen molar-refractivity contribution in [1.82, 2.24) is 25.1 Å². The molecule has 0 radical (unpaired) electrons. The number of hydrogen-bond acceptors (Lipinski definition) is 6. The van der Waals surface area contributed by atoms with Crippen molar-refractivity contribution in [3.8, 4) is 0 Å². The Hall–Kier alpha value is -2.51. The van der Waals surface area contributed by atoms with Crippen molar-refractivity contribution >= 4 is 11.7 Å². The van der Waals surface area contributed by atoms with Gasteiger partial charge in [0.05, 0.1) is 0 Å².